The van der Waals surface area contributed by atoms with Crippen molar-refractivity contribution in [2.45, 2.75) is 25.3 Å². The summed E-state index contributed by atoms with van der Waals surface area (Å²) in [7, 11) is 1.67. The van der Waals surface area contributed by atoms with Crippen LogP contribution in [0.4, 0.5) is 11.6 Å². The fourth-order valence-corrected chi connectivity index (χ4v) is 1.94. The maximum absolute atomic E-state index is 10.9. The Labute approximate surface area is 103 Å². The van der Waals surface area contributed by atoms with Gasteiger partial charge in [0.1, 0.15) is 0 Å². The third-order valence-electron chi connectivity index (χ3n) is 2.89. The Morgan fingerprint density at radius 2 is 2.39 bits per heavy atom. The van der Waals surface area contributed by atoms with Crippen LogP contribution in [-0.2, 0) is 11.8 Å². The number of nitrogens with zero attached hydrogens (tertiary/aromatic N) is 4. The minimum absolute atomic E-state index is 0.0428. The molecule has 18 heavy (non-hydrogen) atoms. The zero-order valence-electron chi connectivity index (χ0n) is 9.94. The predicted molar refractivity (Wildman–Crippen MR) is 62.5 cm³/mol. The van der Waals surface area contributed by atoms with Crippen LogP contribution in [0.15, 0.2) is 6.33 Å². The lowest BCUT2D eigenvalue weighted by Crippen LogP contribution is -2.30. The number of carboxylic acids is 1. The van der Waals surface area contributed by atoms with Crippen molar-refractivity contribution < 1.29 is 14.8 Å². The molecule has 0 unspecified atom stereocenters. The molecule has 0 amide bonds. The zero-order valence-corrected chi connectivity index (χ0v) is 9.94. The molecule has 0 atom stereocenters. The Balaban J connectivity index is 2.27. The second kappa shape index (κ2) is 4.63. The van der Waals surface area contributed by atoms with E-state index in [9.17, 15) is 14.9 Å². The minimum Gasteiger partial charge on any atom is -0.481 e. The molecule has 1 aromatic rings. The molecule has 1 heterocycles. The minimum atomic E-state index is -0.912. The van der Waals surface area contributed by atoms with Crippen molar-refractivity contribution in [2.75, 3.05) is 11.4 Å². The van der Waals surface area contributed by atoms with Gasteiger partial charge in [-0.05, 0) is 22.7 Å². The highest BCUT2D eigenvalue weighted by Crippen LogP contribution is 2.35. The lowest BCUT2D eigenvalue weighted by Gasteiger charge is -2.22. The molecule has 0 aliphatic heterocycles. The summed E-state index contributed by atoms with van der Waals surface area (Å²) in [5, 5.41) is 19.6. The summed E-state index contributed by atoms with van der Waals surface area (Å²) in [4.78, 5) is 26.5. The summed E-state index contributed by atoms with van der Waals surface area (Å²) < 4.78 is 1.57. The first-order valence-corrected chi connectivity index (χ1v) is 5.65. The van der Waals surface area contributed by atoms with Gasteiger partial charge in [-0.1, -0.05) is 0 Å². The first-order valence-electron chi connectivity index (χ1n) is 5.65. The van der Waals surface area contributed by atoms with Gasteiger partial charge in [-0.25, -0.2) is 0 Å². The molecule has 0 spiro atoms. The van der Waals surface area contributed by atoms with Gasteiger partial charge >= 0.3 is 11.8 Å². The van der Waals surface area contributed by atoms with Crippen LogP contribution in [0.2, 0.25) is 0 Å². The number of aryl methyl sites for hydroxylation is 1. The van der Waals surface area contributed by atoms with Crippen LogP contribution in [0.25, 0.3) is 0 Å². The third kappa shape index (κ3) is 2.41. The normalized spacial score (nSPS) is 14.5. The predicted octanol–water partition coefficient (Wildman–Crippen LogP) is 0.772. The zero-order chi connectivity index (χ0) is 13.3. The second-order valence-electron chi connectivity index (χ2n) is 4.33. The third-order valence-corrected chi connectivity index (χ3v) is 2.89. The van der Waals surface area contributed by atoms with Crippen LogP contribution >= 0.6 is 0 Å². The van der Waals surface area contributed by atoms with Crippen LogP contribution in [0, 0.1) is 10.1 Å². The molecule has 0 bridgehead atoms. The quantitative estimate of drug-likeness (QED) is 0.594. The summed E-state index contributed by atoms with van der Waals surface area (Å²) >= 11 is 0. The fraction of sp³-hybridized carbons (Fsp3) is 0.600. The average Bonchev–Trinajstić information content (AvgIpc) is 3.03. The maximum Gasteiger partial charge on any atom is 0.406 e. The molecule has 1 saturated carbocycles. The molecule has 1 aliphatic carbocycles. The second-order valence-corrected chi connectivity index (χ2v) is 4.33. The number of carboxylic acid groups (broad SMARTS) is 1. The Hall–Kier alpha value is -2.12. The molecule has 1 aliphatic rings. The van der Waals surface area contributed by atoms with Gasteiger partial charge in [0.15, 0.2) is 0 Å². The van der Waals surface area contributed by atoms with Gasteiger partial charge in [-0.15, -0.1) is 0 Å². The van der Waals surface area contributed by atoms with Gasteiger partial charge in [-0.2, -0.15) is 0 Å². The van der Waals surface area contributed by atoms with Gasteiger partial charge in [0, 0.05) is 19.6 Å². The summed E-state index contributed by atoms with van der Waals surface area (Å²) in [6.45, 7) is 0.264. The molecule has 98 valence electrons. The molecular formula is C10H14N4O4. The topological polar surface area (TPSA) is 101 Å². The van der Waals surface area contributed by atoms with Gasteiger partial charge in [0.25, 0.3) is 0 Å². The average molecular weight is 254 g/mol. The van der Waals surface area contributed by atoms with Crippen molar-refractivity contribution in [3.63, 3.8) is 0 Å². The van der Waals surface area contributed by atoms with E-state index in [0.29, 0.717) is 5.82 Å². The molecule has 1 aromatic heterocycles. The van der Waals surface area contributed by atoms with E-state index in [1.807, 2.05) is 0 Å². The Kier molecular flexibility index (Phi) is 3.17. The first kappa shape index (κ1) is 12.3. The fourth-order valence-electron chi connectivity index (χ4n) is 1.94. The van der Waals surface area contributed by atoms with Crippen molar-refractivity contribution in [1.29, 1.82) is 0 Å². The van der Waals surface area contributed by atoms with Crippen molar-refractivity contribution in [2.24, 2.45) is 7.05 Å². The van der Waals surface area contributed by atoms with E-state index in [1.54, 1.807) is 16.5 Å². The Morgan fingerprint density at radius 1 is 1.72 bits per heavy atom. The Morgan fingerprint density at radius 3 is 2.89 bits per heavy atom. The van der Waals surface area contributed by atoms with E-state index >= 15 is 0 Å². The maximum atomic E-state index is 10.9. The Bertz CT molecular complexity index is 480. The number of imidazole rings is 1. The molecule has 8 nitrogen and oxygen atoms in total. The number of nitro groups is 1. The van der Waals surface area contributed by atoms with E-state index in [0.717, 1.165) is 12.8 Å². The van der Waals surface area contributed by atoms with Crippen LogP contribution in [0.1, 0.15) is 19.3 Å². The van der Waals surface area contributed by atoms with E-state index in [1.165, 1.54) is 6.33 Å². The highest BCUT2D eigenvalue weighted by atomic mass is 16.6. The molecule has 8 heteroatoms. The number of aromatic nitrogens is 2. The lowest BCUT2D eigenvalue weighted by molar-refractivity contribution is -0.388. The van der Waals surface area contributed by atoms with Crippen LogP contribution in [0.5, 0.6) is 0 Å². The van der Waals surface area contributed by atoms with Crippen molar-refractivity contribution >= 4 is 17.6 Å². The highest BCUT2D eigenvalue weighted by molar-refractivity contribution is 5.68. The monoisotopic (exact) mass is 254 g/mol. The molecule has 2 rings (SSSR count). The van der Waals surface area contributed by atoms with Gasteiger partial charge in [-0.3, -0.25) is 9.36 Å². The summed E-state index contributed by atoms with van der Waals surface area (Å²) in [5.74, 6) is -0.732. The van der Waals surface area contributed by atoms with E-state index in [2.05, 4.69) is 4.98 Å². The standard InChI is InChI=1S/C10H14N4O4/c1-12-6-11-9(14(17)18)10(12)13(7-2-3-7)5-4-8(15)16/h6-7H,2-5H2,1H3,(H,15,16). The number of anilines is 1. The molecule has 0 aromatic carbocycles. The molecule has 1 N–H and O–H groups in total. The number of hydrogen-bond acceptors (Lipinski definition) is 5. The van der Waals surface area contributed by atoms with E-state index < -0.39 is 10.9 Å². The lowest BCUT2D eigenvalue weighted by atomic mass is 10.3. The SMILES string of the molecule is Cn1cnc([N+](=O)[O-])c1N(CCC(=O)O)C1CC1. The van der Waals surface area contributed by atoms with Gasteiger partial charge in [0.05, 0.1) is 6.42 Å². The van der Waals surface area contributed by atoms with Crippen molar-refractivity contribution in [1.82, 2.24) is 9.55 Å². The molecule has 0 radical (unpaired) electrons. The molecule has 0 saturated heterocycles. The summed E-state index contributed by atoms with van der Waals surface area (Å²) in [6, 6.07) is 0.193. The highest BCUT2D eigenvalue weighted by Gasteiger charge is 2.36. The molecule has 1 fully saturated rings. The number of hydrogen-bond donors (Lipinski definition) is 1. The molecular weight excluding hydrogens is 240 g/mol. The first-order chi connectivity index (χ1) is 8.50. The van der Waals surface area contributed by atoms with Crippen LogP contribution in [0.3, 0.4) is 0 Å². The van der Waals surface area contributed by atoms with Gasteiger partial charge in [0.2, 0.25) is 12.1 Å². The largest absolute Gasteiger partial charge is 0.481 e. The van der Waals surface area contributed by atoms with E-state index in [4.69, 9.17) is 5.11 Å². The summed E-state index contributed by atoms with van der Waals surface area (Å²) in [6.07, 6.45) is 3.20. The number of carbonyl (C=O) groups is 1. The van der Waals surface area contributed by atoms with Crippen LogP contribution in [-0.4, -0.2) is 38.1 Å². The number of rotatable bonds is 6. The smallest absolute Gasteiger partial charge is 0.406 e. The number of aliphatic carboxylic acids is 1. The van der Waals surface area contributed by atoms with Crippen LogP contribution < -0.4 is 4.90 Å². The van der Waals surface area contributed by atoms with E-state index in [-0.39, 0.29) is 24.8 Å². The van der Waals surface area contributed by atoms with Crippen molar-refractivity contribution in [3.8, 4) is 0 Å². The van der Waals surface area contributed by atoms with Crippen molar-refractivity contribution in [3.05, 3.63) is 16.4 Å². The summed E-state index contributed by atoms with van der Waals surface area (Å²) in [5.41, 5.74) is 0. The van der Waals surface area contributed by atoms with Gasteiger partial charge < -0.3 is 20.1 Å².